The van der Waals surface area contributed by atoms with Crippen LogP contribution in [0.25, 0.3) is 0 Å². The van der Waals surface area contributed by atoms with E-state index in [1.165, 1.54) is 12.5 Å². The second-order valence-electron chi connectivity index (χ2n) is 9.58. The molecule has 1 saturated heterocycles. The molecular formula is C30H27FN2O6. The van der Waals surface area contributed by atoms with Gasteiger partial charge in [0, 0.05) is 11.5 Å². The molecule has 39 heavy (non-hydrogen) atoms. The van der Waals surface area contributed by atoms with Crippen molar-refractivity contribution in [2.75, 3.05) is 13.2 Å². The average Bonchev–Trinajstić information content (AvgIpc) is 3.32. The van der Waals surface area contributed by atoms with Gasteiger partial charge in [0.2, 0.25) is 5.54 Å². The number of benzene rings is 3. The zero-order chi connectivity index (χ0) is 27.2. The Bertz CT molecular complexity index is 1440. The molecule has 0 saturated carbocycles. The second kappa shape index (κ2) is 9.50. The first-order valence-corrected chi connectivity index (χ1v) is 12.9. The highest BCUT2D eigenvalue weighted by molar-refractivity contribution is 6.07. The van der Waals surface area contributed by atoms with Crippen molar-refractivity contribution in [3.05, 3.63) is 95.3 Å². The van der Waals surface area contributed by atoms with E-state index in [1.54, 1.807) is 26.0 Å². The number of carbonyl (C=O) groups is 2. The van der Waals surface area contributed by atoms with Crippen LogP contribution >= 0.6 is 0 Å². The van der Waals surface area contributed by atoms with Crippen LogP contribution in [0.2, 0.25) is 0 Å². The van der Waals surface area contributed by atoms with Crippen LogP contribution in [0, 0.1) is 11.7 Å². The first kappa shape index (κ1) is 25.1. The van der Waals surface area contributed by atoms with Crippen LogP contribution in [0.5, 0.6) is 5.75 Å². The molecule has 9 heteroatoms. The van der Waals surface area contributed by atoms with Gasteiger partial charge in [-0.25, -0.2) is 19.0 Å². The highest BCUT2D eigenvalue weighted by atomic mass is 19.1. The summed E-state index contributed by atoms with van der Waals surface area (Å²) in [6.07, 6.45) is 1.29. The lowest BCUT2D eigenvalue weighted by atomic mass is 9.67. The number of nitrogens with zero attached hydrogens (tertiary/aromatic N) is 1. The van der Waals surface area contributed by atoms with Crippen molar-refractivity contribution in [1.29, 1.82) is 0 Å². The number of ether oxygens (including phenoxy) is 4. The average molecular weight is 531 g/mol. The molecule has 3 aromatic rings. The van der Waals surface area contributed by atoms with Gasteiger partial charge in [0.25, 0.3) is 5.79 Å². The number of carbonyl (C=O) groups excluding carboxylic acids is 2. The number of rotatable bonds is 5. The van der Waals surface area contributed by atoms with Gasteiger partial charge in [0.05, 0.1) is 36.4 Å². The second-order valence-corrected chi connectivity index (χ2v) is 9.58. The van der Waals surface area contributed by atoms with Gasteiger partial charge in [-0.3, -0.25) is 5.32 Å². The molecule has 200 valence electrons. The number of esters is 2. The fourth-order valence-electron chi connectivity index (χ4n) is 6.22. The molecule has 6 rings (SSSR count). The molecule has 4 atom stereocenters. The van der Waals surface area contributed by atoms with E-state index in [0.717, 1.165) is 0 Å². The van der Waals surface area contributed by atoms with E-state index in [4.69, 9.17) is 18.9 Å². The molecule has 1 N–H and O–H groups in total. The molecule has 1 spiro atoms. The minimum absolute atomic E-state index is 0.0249. The molecule has 1 fully saturated rings. The molecule has 3 aromatic carbocycles. The zero-order valence-corrected chi connectivity index (χ0v) is 21.4. The summed E-state index contributed by atoms with van der Waals surface area (Å²) in [7, 11) is 0. The Morgan fingerprint density at radius 3 is 2.36 bits per heavy atom. The van der Waals surface area contributed by atoms with Crippen molar-refractivity contribution in [1.82, 2.24) is 5.32 Å². The molecule has 8 nitrogen and oxygen atoms in total. The number of hydrogen-bond donors (Lipinski definition) is 1. The Balaban J connectivity index is 1.70. The number of hydrogen-bond acceptors (Lipinski definition) is 8. The Kier molecular flexibility index (Phi) is 6.10. The van der Waals surface area contributed by atoms with E-state index >= 15 is 4.39 Å². The Morgan fingerprint density at radius 2 is 1.64 bits per heavy atom. The number of para-hydroxylation sites is 1. The minimum atomic E-state index is -2.03. The molecule has 0 aliphatic carbocycles. The summed E-state index contributed by atoms with van der Waals surface area (Å²) in [5.41, 5.74) is -0.0313. The summed E-state index contributed by atoms with van der Waals surface area (Å²) in [6, 6.07) is 20.0. The summed E-state index contributed by atoms with van der Waals surface area (Å²) in [6.45, 7) is 3.37. The highest BCUT2D eigenvalue weighted by Gasteiger charge is 2.73. The van der Waals surface area contributed by atoms with Crippen LogP contribution in [0.1, 0.15) is 42.5 Å². The lowest BCUT2D eigenvalue weighted by molar-refractivity contribution is -0.193. The summed E-state index contributed by atoms with van der Waals surface area (Å²) in [5, 5.41) is 3.23. The molecule has 0 amide bonds. The standard InChI is InChI=1S/C30H27FN2O6/c1-3-36-27(34)29(28(35)37-4-2)24(18-11-6-5-7-12-18)25-26(33-29)23-20(31)14-10-16-22(23)39-30(25)19-13-8-9-15-21(19)32-17-38-30/h5-17,24-26,33H,3-4H2,1-2H3/t24-,25-,26-,30+/m1/s1. The fourth-order valence-corrected chi connectivity index (χ4v) is 6.22. The van der Waals surface area contributed by atoms with Crippen molar-refractivity contribution in [3.63, 3.8) is 0 Å². The highest BCUT2D eigenvalue weighted by Crippen LogP contribution is 2.63. The number of nitrogens with one attached hydrogen (secondary N) is 1. The van der Waals surface area contributed by atoms with E-state index in [1.807, 2.05) is 54.6 Å². The largest absolute Gasteiger partial charge is 0.464 e. The van der Waals surface area contributed by atoms with Crippen LogP contribution in [0.4, 0.5) is 10.1 Å². The summed E-state index contributed by atoms with van der Waals surface area (Å²) < 4.78 is 39.5. The van der Waals surface area contributed by atoms with Crippen LogP contribution < -0.4 is 10.1 Å². The number of halogens is 1. The Morgan fingerprint density at radius 1 is 0.949 bits per heavy atom. The molecular weight excluding hydrogens is 503 g/mol. The SMILES string of the molecule is CCOC(=O)C1(C(=O)OCC)N[C@@H]2c3c(F)cccc3O[C@]3(OC=Nc4ccccc43)[C@@H]2[C@H]1c1ccccc1. The van der Waals surface area contributed by atoms with Gasteiger partial charge >= 0.3 is 11.9 Å². The summed E-state index contributed by atoms with van der Waals surface area (Å²) in [4.78, 5) is 32.3. The van der Waals surface area contributed by atoms with Crippen LogP contribution in [0.3, 0.4) is 0 Å². The minimum Gasteiger partial charge on any atom is -0.464 e. The molecule has 3 aliphatic rings. The van der Waals surface area contributed by atoms with Crippen molar-refractivity contribution in [2.45, 2.75) is 37.1 Å². The quantitative estimate of drug-likeness (QED) is 0.378. The zero-order valence-electron chi connectivity index (χ0n) is 21.4. The number of aliphatic imine (C=N–C) groups is 1. The maximum absolute atomic E-state index is 15.6. The Hall–Kier alpha value is -4.24. The third-order valence-electron chi connectivity index (χ3n) is 7.64. The van der Waals surface area contributed by atoms with Crippen molar-refractivity contribution in [2.24, 2.45) is 10.9 Å². The van der Waals surface area contributed by atoms with E-state index in [9.17, 15) is 9.59 Å². The third kappa shape index (κ3) is 3.56. The molecule has 3 aliphatic heterocycles. The molecule has 0 bridgehead atoms. The maximum Gasteiger partial charge on any atom is 0.338 e. The molecule has 0 radical (unpaired) electrons. The van der Waals surface area contributed by atoms with Crippen molar-refractivity contribution in [3.8, 4) is 5.75 Å². The van der Waals surface area contributed by atoms with Crippen molar-refractivity contribution >= 4 is 24.0 Å². The lowest BCUT2D eigenvalue weighted by Crippen LogP contribution is -2.60. The third-order valence-corrected chi connectivity index (χ3v) is 7.64. The first-order valence-electron chi connectivity index (χ1n) is 12.9. The Labute approximate surface area is 224 Å². The number of fused-ring (bicyclic) bond motifs is 6. The van der Waals surface area contributed by atoms with E-state index in [2.05, 4.69) is 10.3 Å². The molecule has 0 aromatic heterocycles. The molecule has 3 heterocycles. The lowest BCUT2D eigenvalue weighted by Gasteiger charge is -2.47. The smallest absolute Gasteiger partial charge is 0.338 e. The van der Waals surface area contributed by atoms with E-state index in [0.29, 0.717) is 16.8 Å². The van der Waals surface area contributed by atoms with E-state index < -0.39 is 47.0 Å². The predicted molar refractivity (Wildman–Crippen MR) is 139 cm³/mol. The topological polar surface area (TPSA) is 95.5 Å². The van der Waals surface area contributed by atoms with Gasteiger partial charge in [0.1, 0.15) is 11.6 Å². The first-order chi connectivity index (χ1) is 19.0. The van der Waals surface area contributed by atoms with Crippen LogP contribution in [-0.4, -0.2) is 37.1 Å². The fraction of sp³-hybridized carbons (Fsp3) is 0.300. The summed E-state index contributed by atoms with van der Waals surface area (Å²) >= 11 is 0. The summed E-state index contributed by atoms with van der Waals surface area (Å²) in [5.74, 6) is -5.32. The van der Waals surface area contributed by atoms with Crippen molar-refractivity contribution < 1.29 is 32.9 Å². The van der Waals surface area contributed by atoms with Gasteiger partial charge in [-0.15, -0.1) is 0 Å². The van der Waals surface area contributed by atoms with Crippen LogP contribution in [-0.2, 0) is 29.6 Å². The van der Waals surface area contributed by atoms with Gasteiger partial charge in [-0.1, -0.05) is 48.5 Å². The normalized spacial score (nSPS) is 25.5. The van der Waals surface area contributed by atoms with Gasteiger partial charge in [0.15, 0.2) is 6.40 Å². The predicted octanol–water partition coefficient (Wildman–Crippen LogP) is 4.67. The maximum atomic E-state index is 15.6. The van der Waals surface area contributed by atoms with E-state index in [-0.39, 0.29) is 24.5 Å². The van der Waals surface area contributed by atoms with Gasteiger partial charge in [-0.05, 0) is 43.7 Å². The van der Waals surface area contributed by atoms with Gasteiger partial charge in [-0.2, -0.15) is 0 Å². The van der Waals surface area contributed by atoms with Crippen LogP contribution in [0.15, 0.2) is 77.8 Å². The van der Waals surface area contributed by atoms with Gasteiger partial charge < -0.3 is 18.9 Å². The molecule has 0 unspecified atom stereocenters. The monoisotopic (exact) mass is 530 g/mol.